The van der Waals surface area contributed by atoms with Crippen LogP contribution in [0.1, 0.15) is 17.5 Å². The Kier molecular flexibility index (Phi) is 5.45. The zero-order chi connectivity index (χ0) is 12.8. The van der Waals surface area contributed by atoms with Crippen LogP contribution >= 0.6 is 31.9 Å². The Hall–Kier alpha value is -0.600. The van der Waals surface area contributed by atoms with E-state index in [1.54, 1.807) is 0 Å². The topological polar surface area (TPSA) is 0 Å². The largest absolute Gasteiger partial charge is 0.0928 e. The van der Waals surface area contributed by atoms with Gasteiger partial charge in [-0.1, -0.05) is 80.4 Å². The van der Waals surface area contributed by atoms with E-state index in [-0.39, 0.29) is 0 Å². The van der Waals surface area contributed by atoms with Gasteiger partial charge >= 0.3 is 0 Å². The zero-order valence-electron chi connectivity index (χ0n) is 10.2. The van der Waals surface area contributed by atoms with E-state index >= 15 is 0 Å². The second-order valence-electron chi connectivity index (χ2n) is 4.28. The van der Waals surface area contributed by atoms with Gasteiger partial charge in [-0.3, -0.25) is 0 Å². The van der Waals surface area contributed by atoms with E-state index in [0.29, 0.717) is 0 Å². The van der Waals surface area contributed by atoms with Crippen molar-refractivity contribution in [1.29, 1.82) is 0 Å². The fourth-order valence-corrected chi connectivity index (χ4v) is 2.70. The number of halogens is 2. The predicted molar refractivity (Wildman–Crippen MR) is 86.6 cm³/mol. The summed E-state index contributed by atoms with van der Waals surface area (Å²) in [6.07, 6.45) is 2.30. The van der Waals surface area contributed by atoms with Gasteiger partial charge in [-0.25, -0.2) is 0 Å². The molecule has 0 radical (unpaired) electrons. The van der Waals surface area contributed by atoms with Gasteiger partial charge in [-0.15, -0.1) is 0 Å². The standard InChI is InChI=1S/C16H16Br2/c17-11-3-5-14-4-1-2-6-16(14)15-9-7-13(12-18)8-10-15/h1-2,4,6-10H,3,5,11-12H2. The smallest absolute Gasteiger partial charge is 0.0283 e. The molecule has 0 spiro atoms. The molecule has 0 N–H and O–H groups in total. The molecule has 2 rings (SSSR count). The fraction of sp³-hybridized carbons (Fsp3) is 0.250. The first-order chi connectivity index (χ1) is 8.85. The van der Waals surface area contributed by atoms with Gasteiger partial charge in [-0.2, -0.15) is 0 Å². The number of alkyl halides is 2. The number of benzene rings is 2. The molecule has 0 saturated heterocycles. The molecule has 0 saturated carbocycles. The van der Waals surface area contributed by atoms with Gasteiger partial charge in [0.1, 0.15) is 0 Å². The van der Waals surface area contributed by atoms with Crippen molar-refractivity contribution in [3.63, 3.8) is 0 Å². The molecule has 94 valence electrons. The van der Waals surface area contributed by atoms with Crippen LogP contribution in [0.2, 0.25) is 0 Å². The molecule has 2 heteroatoms. The van der Waals surface area contributed by atoms with Gasteiger partial charge < -0.3 is 0 Å². The first kappa shape index (κ1) is 13.8. The fourth-order valence-electron chi connectivity index (χ4n) is 2.05. The summed E-state index contributed by atoms with van der Waals surface area (Å²) in [5, 5.41) is 1.97. The molecular weight excluding hydrogens is 352 g/mol. The highest BCUT2D eigenvalue weighted by atomic mass is 79.9. The van der Waals surface area contributed by atoms with E-state index in [2.05, 4.69) is 80.4 Å². The van der Waals surface area contributed by atoms with Crippen molar-refractivity contribution in [1.82, 2.24) is 0 Å². The molecule has 0 aliphatic heterocycles. The lowest BCUT2D eigenvalue weighted by atomic mass is 9.96. The molecule has 18 heavy (non-hydrogen) atoms. The zero-order valence-corrected chi connectivity index (χ0v) is 13.4. The summed E-state index contributed by atoms with van der Waals surface area (Å²) in [4.78, 5) is 0. The van der Waals surface area contributed by atoms with Crippen molar-refractivity contribution in [2.75, 3.05) is 5.33 Å². The van der Waals surface area contributed by atoms with Gasteiger partial charge in [0, 0.05) is 10.7 Å². The van der Waals surface area contributed by atoms with Crippen molar-refractivity contribution in [3.05, 3.63) is 59.7 Å². The van der Waals surface area contributed by atoms with Gasteiger partial charge in [0.15, 0.2) is 0 Å². The lowest BCUT2D eigenvalue weighted by molar-refractivity contribution is 0.941. The number of hydrogen-bond donors (Lipinski definition) is 0. The van der Waals surface area contributed by atoms with Crippen LogP contribution in [0.5, 0.6) is 0 Å². The van der Waals surface area contributed by atoms with Crippen molar-refractivity contribution < 1.29 is 0 Å². The van der Waals surface area contributed by atoms with Gasteiger partial charge in [-0.05, 0) is 35.1 Å². The minimum atomic E-state index is 0.915. The molecule has 0 bridgehead atoms. The van der Waals surface area contributed by atoms with Crippen LogP contribution in [0.25, 0.3) is 11.1 Å². The maximum absolute atomic E-state index is 3.50. The minimum Gasteiger partial charge on any atom is -0.0928 e. The summed E-state index contributed by atoms with van der Waals surface area (Å²) < 4.78 is 0. The average Bonchev–Trinajstić information content (AvgIpc) is 2.45. The summed E-state index contributed by atoms with van der Waals surface area (Å²) in [6.45, 7) is 0. The third-order valence-corrected chi connectivity index (χ3v) is 4.22. The lowest BCUT2D eigenvalue weighted by Gasteiger charge is -2.09. The van der Waals surface area contributed by atoms with E-state index < -0.39 is 0 Å². The highest BCUT2D eigenvalue weighted by Gasteiger charge is 2.04. The van der Waals surface area contributed by atoms with Crippen LogP contribution in [-0.2, 0) is 11.8 Å². The summed E-state index contributed by atoms with van der Waals surface area (Å²) in [6, 6.07) is 17.5. The van der Waals surface area contributed by atoms with Crippen molar-refractivity contribution >= 4 is 31.9 Å². The molecule has 0 unspecified atom stereocenters. The van der Waals surface area contributed by atoms with E-state index in [4.69, 9.17) is 0 Å². The van der Waals surface area contributed by atoms with E-state index in [9.17, 15) is 0 Å². The highest BCUT2D eigenvalue weighted by Crippen LogP contribution is 2.25. The highest BCUT2D eigenvalue weighted by molar-refractivity contribution is 9.09. The maximum Gasteiger partial charge on any atom is 0.0283 e. The molecule has 0 aliphatic rings. The van der Waals surface area contributed by atoms with Crippen LogP contribution in [0.4, 0.5) is 0 Å². The predicted octanol–water partition coefficient (Wildman–Crippen LogP) is 5.58. The van der Waals surface area contributed by atoms with Crippen LogP contribution < -0.4 is 0 Å². The first-order valence-corrected chi connectivity index (χ1v) is 8.38. The second kappa shape index (κ2) is 7.10. The minimum absolute atomic E-state index is 0.915. The number of rotatable bonds is 5. The lowest BCUT2D eigenvalue weighted by Crippen LogP contribution is -1.91. The molecule has 0 heterocycles. The molecule has 0 aromatic heterocycles. The van der Waals surface area contributed by atoms with Gasteiger partial charge in [0.2, 0.25) is 0 Å². The monoisotopic (exact) mass is 366 g/mol. The van der Waals surface area contributed by atoms with Crippen LogP contribution in [0.15, 0.2) is 48.5 Å². The number of aryl methyl sites for hydroxylation is 1. The SMILES string of the molecule is BrCCCc1ccccc1-c1ccc(CBr)cc1. The van der Waals surface area contributed by atoms with Crippen molar-refractivity contribution in [2.45, 2.75) is 18.2 Å². The van der Waals surface area contributed by atoms with Gasteiger partial charge in [0.25, 0.3) is 0 Å². The van der Waals surface area contributed by atoms with E-state index in [1.807, 2.05) is 0 Å². The Labute approximate surface area is 126 Å². The third kappa shape index (κ3) is 3.46. The second-order valence-corrected chi connectivity index (χ2v) is 5.63. The van der Waals surface area contributed by atoms with Gasteiger partial charge in [0.05, 0.1) is 0 Å². The molecule has 0 aliphatic carbocycles. The Morgan fingerprint density at radius 2 is 1.56 bits per heavy atom. The average molecular weight is 368 g/mol. The first-order valence-electron chi connectivity index (χ1n) is 6.14. The molecular formula is C16H16Br2. The Balaban J connectivity index is 2.30. The third-order valence-electron chi connectivity index (χ3n) is 3.02. The van der Waals surface area contributed by atoms with Crippen molar-refractivity contribution in [2.24, 2.45) is 0 Å². The number of hydrogen-bond acceptors (Lipinski definition) is 0. The maximum atomic E-state index is 3.50. The van der Waals surface area contributed by atoms with Crippen LogP contribution in [0.3, 0.4) is 0 Å². The Morgan fingerprint density at radius 1 is 0.833 bits per heavy atom. The molecule has 2 aromatic rings. The molecule has 0 amide bonds. The summed E-state index contributed by atoms with van der Waals surface area (Å²) in [5.41, 5.74) is 5.42. The quantitative estimate of drug-likeness (QED) is 0.605. The normalized spacial score (nSPS) is 10.6. The van der Waals surface area contributed by atoms with Crippen LogP contribution in [-0.4, -0.2) is 5.33 Å². The molecule has 0 nitrogen and oxygen atoms in total. The molecule has 2 aromatic carbocycles. The molecule has 0 fully saturated rings. The summed E-state index contributed by atoms with van der Waals surface area (Å²) >= 11 is 6.98. The van der Waals surface area contributed by atoms with E-state index in [0.717, 1.165) is 17.1 Å². The molecule has 0 atom stereocenters. The Morgan fingerprint density at radius 3 is 2.22 bits per heavy atom. The summed E-state index contributed by atoms with van der Waals surface area (Å²) in [7, 11) is 0. The Bertz CT molecular complexity index is 489. The van der Waals surface area contributed by atoms with E-state index in [1.165, 1.54) is 28.7 Å². The summed E-state index contributed by atoms with van der Waals surface area (Å²) in [5.74, 6) is 0. The van der Waals surface area contributed by atoms with Crippen molar-refractivity contribution in [3.8, 4) is 11.1 Å². The van der Waals surface area contributed by atoms with Crippen LogP contribution in [0, 0.1) is 0 Å².